The number of aryl methyl sites for hydroxylation is 2. The zero-order chi connectivity index (χ0) is 36.4. The van der Waals surface area contributed by atoms with Crippen LogP contribution in [0.1, 0.15) is 73.6 Å². The first-order valence-corrected chi connectivity index (χ1v) is 16.9. The molecule has 1 aliphatic heterocycles. The van der Waals surface area contributed by atoms with Crippen molar-refractivity contribution in [3.05, 3.63) is 54.1 Å². The average molecular weight is 693 g/mol. The van der Waals surface area contributed by atoms with E-state index in [9.17, 15) is 9.59 Å². The maximum absolute atomic E-state index is 15.1. The third-order valence-electron chi connectivity index (χ3n) is 8.08. The number of ether oxygens (including phenoxy) is 2. The van der Waals surface area contributed by atoms with E-state index in [0.717, 1.165) is 12.6 Å². The summed E-state index contributed by atoms with van der Waals surface area (Å²) in [7, 11) is 0. The lowest BCUT2D eigenvalue weighted by Gasteiger charge is -2.36. The Hall–Kier alpha value is -4.88. The molecular weight excluding hydrogens is 646 g/mol. The topological polar surface area (TPSA) is 128 Å². The molecule has 268 valence electrons. The Morgan fingerprint density at radius 1 is 0.960 bits per heavy atom. The van der Waals surface area contributed by atoms with Gasteiger partial charge in [0.15, 0.2) is 11.6 Å². The van der Waals surface area contributed by atoms with Crippen LogP contribution in [0.2, 0.25) is 0 Å². The quantitative estimate of drug-likeness (QED) is 0.195. The Labute approximate surface area is 291 Å². The number of rotatable bonds is 8. The maximum Gasteiger partial charge on any atom is 0.414 e. The van der Waals surface area contributed by atoms with Crippen LogP contribution in [-0.2, 0) is 16.0 Å². The molecule has 12 nitrogen and oxygen atoms in total. The van der Waals surface area contributed by atoms with Gasteiger partial charge in [0.2, 0.25) is 5.95 Å². The fourth-order valence-corrected chi connectivity index (χ4v) is 5.79. The summed E-state index contributed by atoms with van der Waals surface area (Å²) >= 11 is 0. The molecule has 3 aromatic heterocycles. The molecule has 1 fully saturated rings. The van der Waals surface area contributed by atoms with E-state index in [1.807, 2.05) is 39.2 Å². The molecule has 1 aromatic carbocycles. The number of nitrogens with one attached hydrogen (secondary N) is 1. The van der Waals surface area contributed by atoms with Gasteiger partial charge >= 0.3 is 12.2 Å². The SMILES string of the molecule is CCCn1c(C)nc2c(F)cc(-c3nc(Nc4ccc(N(CC5CCN(C(=O)OC(C)(C)C)CC5)C(=O)OC(C)(C)C)cn4)ncc3F)cc21. The van der Waals surface area contributed by atoms with E-state index < -0.39 is 28.9 Å². The van der Waals surface area contributed by atoms with Crippen molar-refractivity contribution < 1.29 is 27.8 Å². The second-order valence-corrected chi connectivity index (χ2v) is 14.6. The number of anilines is 3. The molecule has 14 heteroatoms. The van der Waals surface area contributed by atoms with E-state index in [4.69, 9.17) is 9.47 Å². The molecule has 0 spiro atoms. The van der Waals surface area contributed by atoms with Crippen LogP contribution in [0.3, 0.4) is 0 Å². The molecule has 1 N–H and O–H groups in total. The van der Waals surface area contributed by atoms with Crippen LogP contribution in [0.5, 0.6) is 0 Å². The number of pyridine rings is 1. The number of halogens is 2. The minimum Gasteiger partial charge on any atom is -0.444 e. The Balaban J connectivity index is 1.33. The highest BCUT2D eigenvalue weighted by Crippen LogP contribution is 2.30. The van der Waals surface area contributed by atoms with Crippen LogP contribution in [-0.4, -0.2) is 72.4 Å². The second kappa shape index (κ2) is 14.5. The third kappa shape index (κ3) is 8.82. The molecule has 0 radical (unpaired) electrons. The van der Waals surface area contributed by atoms with Gasteiger partial charge in [-0.3, -0.25) is 4.90 Å². The van der Waals surface area contributed by atoms with E-state index in [1.54, 1.807) is 48.8 Å². The fraction of sp³-hybridized carbons (Fsp3) is 0.500. The minimum absolute atomic E-state index is 0.0566. The molecule has 0 saturated carbocycles. The number of hydrogen-bond donors (Lipinski definition) is 1. The highest BCUT2D eigenvalue weighted by atomic mass is 19.1. The molecule has 0 bridgehead atoms. The minimum atomic E-state index is -0.718. The number of piperidine rings is 1. The number of amides is 2. The monoisotopic (exact) mass is 692 g/mol. The molecular formula is C36H46F2N8O4. The molecule has 4 aromatic rings. The van der Waals surface area contributed by atoms with Crippen molar-refractivity contribution in [3.8, 4) is 11.3 Å². The summed E-state index contributed by atoms with van der Waals surface area (Å²) in [6.07, 6.45) is 3.90. The maximum atomic E-state index is 15.1. The summed E-state index contributed by atoms with van der Waals surface area (Å²) in [6, 6.07) is 6.28. The lowest BCUT2D eigenvalue weighted by atomic mass is 9.96. The van der Waals surface area contributed by atoms with Crippen molar-refractivity contribution in [2.24, 2.45) is 5.92 Å². The smallest absolute Gasteiger partial charge is 0.414 e. The Kier molecular flexibility index (Phi) is 10.6. The summed E-state index contributed by atoms with van der Waals surface area (Å²) in [4.78, 5) is 46.4. The van der Waals surface area contributed by atoms with Crippen molar-refractivity contribution in [2.75, 3.05) is 29.9 Å². The molecule has 0 atom stereocenters. The number of carbonyl (C=O) groups is 2. The van der Waals surface area contributed by atoms with Gasteiger partial charge in [-0.2, -0.15) is 0 Å². The Bertz CT molecular complexity index is 1840. The normalized spacial score (nSPS) is 14.2. The predicted molar refractivity (Wildman–Crippen MR) is 187 cm³/mol. The van der Waals surface area contributed by atoms with E-state index in [0.29, 0.717) is 61.9 Å². The van der Waals surface area contributed by atoms with Crippen LogP contribution >= 0.6 is 0 Å². The number of hydrogen-bond acceptors (Lipinski definition) is 9. The number of aromatic nitrogens is 5. The molecule has 1 aliphatic rings. The molecule has 4 heterocycles. The zero-order valence-electron chi connectivity index (χ0n) is 30.0. The zero-order valence-corrected chi connectivity index (χ0v) is 30.0. The van der Waals surface area contributed by atoms with Gasteiger partial charge < -0.3 is 24.3 Å². The molecule has 1 saturated heterocycles. The van der Waals surface area contributed by atoms with Crippen molar-refractivity contribution >= 4 is 40.7 Å². The van der Waals surface area contributed by atoms with E-state index >= 15 is 8.78 Å². The van der Waals surface area contributed by atoms with Crippen LogP contribution in [0, 0.1) is 24.5 Å². The van der Waals surface area contributed by atoms with E-state index in [2.05, 4.69) is 25.3 Å². The number of likely N-dealkylation sites (tertiary alicyclic amines) is 1. The van der Waals surface area contributed by atoms with Gasteiger partial charge in [-0.1, -0.05) is 6.92 Å². The van der Waals surface area contributed by atoms with Gasteiger partial charge in [-0.25, -0.2) is 38.3 Å². The molecule has 50 heavy (non-hydrogen) atoms. The summed E-state index contributed by atoms with van der Waals surface area (Å²) in [5.41, 5.74) is 0.190. The van der Waals surface area contributed by atoms with Crippen molar-refractivity contribution in [1.29, 1.82) is 0 Å². The van der Waals surface area contributed by atoms with Crippen LogP contribution in [0.25, 0.3) is 22.3 Å². The summed E-state index contributed by atoms with van der Waals surface area (Å²) < 4.78 is 43.3. The average Bonchev–Trinajstić information content (AvgIpc) is 3.35. The fourth-order valence-electron chi connectivity index (χ4n) is 5.79. The largest absolute Gasteiger partial charge is 0.444 e. The summed E-state index contributed by atoms with van der Waals surface area (Å²) in [6.45, 7) is 16.8. The van der Waals surface area contributed by atoms with Crippen LogP contribution < -0.4 is 10.2 Å². The summed E-state index contributed by atoms with van der Waals surface area (Å²) in [5, 5.41) is 2.98. The Morgan fingerprint density at radius 3 is 2.28 bits per heavy atom. The van der Waals surface area contributed by atoms with Gasteiger partial charge in [0, 0.05) is 31.7 Å². The number of carbonyl (C=O) groups excluding carboxylic acids is 2. The van der Waals surface area contributed by atoms with Gasteiger partial charge in [0.05, 0.1) is 23.6 Å². The predicted octanol–water partition coefficient (Wildman–Crippen LogP) is 8.02. The lowest BCUT2D eigenvalue weighted by Crippen LogP contribution is -2.45. The van der Waals surface area contributed by atoms with Crippen molar-refractivity contribution in [3.63, 3.8) is 0 Å². The van der Waals surface area contributed by atoms with Gasteiger partial charge in [0.1, 0.15) is 34.1 Å². The van der Waals surface area contributed by atoms with Crippen molar-refractivity contribution in [2.45, 2.75) is 92.4 Å². The van der Waals surface area contributed by atoms with Crippen LogP contribution in [0.15, 0.2) is 36.7 Å². The number of imidazole rings is 1. The molecule has 2 amide bonds. The Morgan fingerprint density at radius 2 is 1.66 bits per heavy atom. The number of nitrogens with zero attached hydrogens (tertiary/aromatic N) is 7. The highest BCUT2D eigenvalue weighted by Gasteiger charge is 2.31. The second-order valence-electron chi connectivity index (χ2n) is 14.6. The van der Waals surface area contributed by atoms with Crippen molar-refractivity contribution in [1.82, 2.24) is 29.4 Å². The molecule has 0 aliphatic carbocycles. The lowest BCUT2D eigenvalue weighted by molar-refractivity contribution is 0.0182. The first-order valence-electron chi connectivity index (χ1n) is 16.9. The van der Waals surface area contributed by atoms with Gasteiger partial charge in [0.25, 0.3) is 0 Å². The number of benzene rings is 1. The van der Waals surface area contributed by atoms with Gasteiger partial charge in [-0.15, -0.1) is 0 Å². The first-order chi connectivity index (χ1) is 23.5. The third-order valence-corrected chi connectivity index (χ3v) is 8.08. The summed E-state index contributed by atoms with van der Waals surface area (Å²) in [5.74, 6) is -0.0879. The molecule has 5 rings (SSSR count). The number of fused-ring (bicyclic) bond motifs is 1. The van der Waals surface area contributed by atoms with Gasteiger partial charge in [-0.05, 0) is 97.9 Å². The first kappa shape index (κ1) is 36.4. The van der Waals surface area contributed by atoms with Crippen LogP contribution in [0.4, 0.5) is 35.8 Å². The van der Waals surface area contributed by atoms with E-state index in [1.165, 1.54) is 12.3 Å². The van der Waals surface area contributed by atoms with E-state index in [-0.39, 0.29) is 34.7 Å². The molecule has 0 unspecified atom stereocenters. The highest BCUT2D eigenvalue weighted by molar-refractivity contribution is 5.88. The standard InChI is InChI=1S/C36H46F2N8O4/c1-9-14-45-22(2)41-31-26(37)17-24(18-28(31)45)30-27(38)20-40-32(43-30)42-29-11-10-25(19-39-29)46(34(48)50-36(6,7)8)21-23-12-15-44(16-13-23)33(47)49-35(3,4)5/h10-11,17-20,23H,9,12-16,21H2,1-8H3,(H,39,40,42,43).